The van der Waals surface area contributed by atoms with Crippen molar-refractivity contribution in [1.29, 1.82) is 0 Å². The van der Waals surface area contributed by atoms with Crippen LogP contribution < -0.4 is 0 Å². The Morgan fingerprint density at radius 3 is 2.79 bits per heavy atom. The van der Waals surface area contributed by atoms with Gasteiger partial charge in [-0.3, -0.25) is 14.2 Å². The summed E-state index contributed by atoms with van der Waals surface area (Å²) in [6.45, 7) is 3.41. The van der Waals surface area contributed by atoms with Crippen LogP contribution in [0.4, 0.5) is 0 Å². The van der Waals surface area contributed by atoms with Gasteiger partial charge in [0.2, 0.25) is 0 Å². The van der Waals surface area contributed by atoms with E-state index in [1.807, 2.05) is 38.1 Å². The molecule has 0 aromatic carbocycles. The maximum absolute atomic E-state index is 13.0. The zero-order valence-corrected chi connectivity index (χ0v) is 16.1. The summed E-state index contributed by atoms with van der Waals surface area (Å²) in [5.41, 5.74) is 6.08. The first-order chi connectivity index (χ1) is 13.5. The molecule has 0 fully saturated rings. The molecule has 0 atom stereocenters. The van der Waals surface area contributed by atoms with Gasteiger partial charge in [0.05, 0.1) is 5.69 Å². The topological polar surface area (TPSA) is 84.6 Å². The zero-order chi connectivity index (χ0) is 19.4. The summed E-state index contributed by atoms with van der Waals surface area (Å²) in [4.78, 5) is 22.6. The van der Waals surface area contributed by atoms with Gasteiger partial charge in [-0.1, -0.05) is 0 Å². The van der Waals surface area contributed by atoms with Crippen LogP contribution in [0.2, 0.25) is 0 Å². The fourth-order valence-corrected chi connectivity index (χ4v) is 3.88. The van der Waals surface area contributed by atoms with Crippen LogP contribution in [0, 0.1) is 6.92 Å². The van der Waals surface area contributed by atoms with E-state index in [9.17, 15) is 4.79 Å². The van der Waals surface area contributed by atoms with E-state index in [0.717, 1.165) is 51.9 Å². The third-order valence-corrected chi connectivity index (χ3v) is 5.34. The predicted octanol–water partition coefficient (Wildman–Crippen LogP) is 2.61. The highest BCUT2D eigenvalue weighted by Crippen LogP contribution is 2.33. The second kappa shape index (κ2) is 6.05. The highest BCUT2D eigenvalue weighted by Gasteiger charge is 2.22. The van der Waals surface area contributed by atoms with Crippen LogP contribution in [0.3, 0.4) is 0 Å². The first-order valence-corrected chi connectivity index (χ1v) is 9.32. The van der Waals surface area contributed by atoms with Crippen LogP contribution in [0.25, 0.3) is 33.3 Å². The molecule has 0 unspecified atom stereocenters. The van der Waals surface area contributed by atoms with E-state index in [-0.39, 0.29) is 5.91 Å². The number of aryl methyl sites for hydroxylation is 3. The molecule has 4 aromatic heterocycles. The number of carbonyl (C=O) groups excluding carboxylic acids is 1. The summed E-state index contributed by atoms with van der Waals surface area (Å²) >= 11 is 0. The van der Waals surface area contributed by atoms with Crippen molar-refractivity contribution >= 4 is 16.9 Å². The molecule has 1 aliphatic heterocycles. The lowest BCUT2D eigenvalue weighted by molar-refractivity contribution is 0.0785. The zero-order valence-electron chi connectivity index (χ0n) is 16.1. The number of nitrogens with one attached hydrogen (secondary N) is 1. The summed E-state index contributed by atoms with van der Waals surface area (Å²) in [6, 6.07) is 2.07. The van der Waals surface area contributed by atoms with Crippen molar-refractivity contribution in [3.8, 4) is 22.3 Å². The van der Waals surface area contributed by atoms with E-state index in [1.165, 1.54) is 0 Å². The summed E-state index contributed by atoms with van der Waals surface area (Å²) < 4.78 is 3.64. The fourth-order valence-electron chi connectivity index (χ4n) is 3.88. The Labute approximate surface area is 161 Å². The standard InChI is InChI=1S/C20H21N7O/c1-12-16-11-27(23-12)6-4-5-25(2)20(28)18-17(10-26(3)24-18)13-7-14-15(16)9-22-19(14)21-8-13/h7-11H,4-6H2,1-3H3,(H,21,22). The average Bonchev–Trinajstić information content (AvgIpc) is 3.36. The third-order valence-electron chi connectivity index (χ3n) is 5.34. The highest BCUT2D eigenvalue weighted by molar-refractivity contribution is 6.01. The quantitative estimate of drug-likeness (QED) is 0.512. The number of nitrogens with zero attached hydrogens (tertiary/aromatic N) is 6. The van der Waals surface area contributed by atoms with Crippen LogP contribution in [0.1, 0.15) is 22.6 Å². The molecule has 1 N–H and O–H groups in total. The molecular formula is C20H21N7O. The van der Waals surface area contributed by atoms with Gasteiger partial charge in [0.15, 0.2) is 5.69 Å². The van der Waals surface area contributed by atoms with Gasteiger partial charge in [0, 0.05) is 79.6 Å². The van der Waals surface area contributed by atoms with Gasteiger partial charge in [0.1, 0.15) is 5.65 Å². The smallest absolute Gasteiger partial charge is 0.274 e. The number of hydrogen-bond acceptors (Lipinski definition) is 4. The Kier molecular flexibility index (Phi) is 3.61. The number of carbonyl (C=O) groups is 1. The van der Waals surface area contributed by atoms with E-state index in [4.69, 9.17) is 0 Å². The number of H-pyrrole nitrogens is 1. The number of pyridine rings is 1. The van der Waals surface area contributed by atoms with E-state index in [1.54, 1.807) is 15.8 Å². The molecule has 28 heavy (non-hydrogen) atoms. The molecule has 4 bridgehead atoms. The van der Waals surface area contributed by atoms with Crippen molar-refractivity contribution in [2.24, 2.45) is 7.05 Å². The minimum absolute atomic E-state index is 0.0839. The van der Waals surface area contributed by atoms with Crippen molar-refractivity contribution < 1.29 is 4.79 Å². The monoisotopic (exact) mass is 375 g/mol. The first kappa shape index (κ1) is 16.7. The number of aromatic amines is 1. The minimum atomic E-state index is -0.0839. The lowest BCUT2D eigenvalue weighted by Gasteiger charge is -2.16. The van der Waals surface area contributed by atoms with Crippen LogP contribution in [-0.4, -0.2) is 53.9 Å². The maximum atomic E-state index is 13.0. The number of aromatic nitrogens is 6. The van der Waals surface area contributed by atoms with Gasteiger partial charge in [0.25, 0.3) is 5.91 Å². The summed E-state index contributed by atoms with van der Waals surface area (Å²) in [6.07, 6.45) is 8.54. The van der Waals surface area contributed by atoms with Gasteiger partial charge in [-0.15, -0.1) is 0 Å². The van der Waals surface area contributed by atoms with Gasteiger partial charge < -0.3 is 9.88 Å². The molecule has 0 aliphatic carbocycles. The Morgan fingerprint density at radius 1 is 1.07 bits per heavy atom. The molecule has 8 nitrogen and oxygen atoms in total. The van der Waals surface area contributed by atoms with Crippen molar-refractivity contribution in [3.05, 3.63) is 42.2 Å². The van der Waals surface area contributed by atoms with Crippen LogP contribution in [0.5, 0.6) is 0 Å². The molecule has 0 saturated heterocycles. The van der Waals surface area contributed by atoms with E-state index in [2.05, 4.69) is 32.4 Å². The van der Waals surface area contributed by atoms with Crippen molar-refractivity contribution in [2.75, 3.05) is 13.6 Å². The van der Waals surface area contributed by atoms with E-state index >= 15 is 0 Å². The Hall–Kier alpha value is -3.42. The van der Waals surface area contributed by atoms with Crippen molar-refractivity contribution in [3.63, 3.8) is 0 Å². The molecule has 5 rings (SSSR count). The molecule has 1 amide bonds. The molecule has 0 saturated carbocycles. The van der Waals surface area contributed by atoms with Gasteiger partial charge in [-0.2, -0.15) is 10.2 Å². The maximum Gasteiger partial charge on any atom is 0.274 e. The molecular weight excluding hydrogens is 354 g/mol. The third kappa shape index (κ3) is 2.52. The number of fused-ring (bicyclic) bond motifs is 6. The lowest BCUT2D eigenvalue weighted by atomic mass is 10.0. The summed E-state index contributed by atoms with van der Waals surface area (Å²) in [7, 11) is 3.65. The van der Waals surface area contributed by atoms with E-state index < -0.39 is 0 Å². The highest BCUT2D eigenvalue weighted by atomic mass is 16.2. The molecule has 0 radical (unpaired) electrons. The van der Waals surface area contributed by atoms with Gasteiger partial charge in [-0.05, 0) is 19.4 Å². The van der Waals surface area contributed by atoms with Crippen LogP contribution >= 0.6 is 0 Å². The second-order valence-electron chi connectivity index (χ2n) is 7.36. The van der Waals surface area contributed by atoms with Gasteiger partial charge in [-0.25, -0.2) is 4.98 Å². The Morgan fingerprint density at radius 2 is 1.93 bits per heavy atom. The summed E-state index contributed by atoms with van der Waals surface area (Å²) in [5.74, 6) is -0.0839. The SMILES string of the molecule is Cc1nn2cc1-c1c[nH]c3ncc(cc13)-c1cn(C)nc1C(=O)N(C)CCC2. The molecule has 8 heteroatoms. The average molecular weight is 375 g/mol. The van der Waals surface area contributed by atoms with Gasteiger partial charge >= 0.3 is 0 Å². The fraction of sp³-hybridized carbons (Fsp3) is 0.300. The minimum Gasteiger partial charge on any atom is -0.346 e. The van der Waals surface area contributed by atoms with Crippen LogP contribution in [0.15, 0.2) is 30.9 Å². The number of rotatable bonds is 0. The predicted molar refractivity (Wildman–Crippen MR) is 106 cm³/mol. The molecule has 1 aliphatic rings. The molecule has 0 spiro atoms. The number of amides is 1. The molecule has 142 valence electrons. The largest absolute Gasteiger partial charge is 0.346 e. The second-order valence-corrected chi connectivity index (χ2v) is 7.36. The molecule has 4 aromatic rings. The normalized spacial score (nSPS) is 14.5. The van der Waals surface area contributed by atoms with Crippen molar-refractivity contribution in [1.82, 2.24) is 34.4 Å². The van der Waals surface area contributed by atoms with E-state index in [0.29, 0.717) is 12.2 Å². The number of hydrogen-bond donors (Lipinski definition) is 1. The lowest BCUT2D eigenvalue weighted by Crippen LogP contribution is -2.29. The van der Waals surface area contributed by atoms with Crippen LogP contribution in [-0.2, 0) is 13.6 Å². The van der Waals surface area contributed by atoms with Crippen molar-refractivity contribution in [2.45, 2.75) is 19.9 Å². The Bertz CT molecular complexity index is 1210. The molecule has 5 heterocycles. The first-order valence-electron chi connectivity index (χ1n) is 9.32. The Balaban J connectivity index is 1.78. The summed E-state index contributed by atoms with van der Waals surface area (Å²) in [5, 5.41) is 10.1.